The molecular formula is C6H10O10. The normalized spacial score (nSPS) is 40.9. The lowest BCUT2D eigenvalue weighted by atomic mass is 9.99. The first-order valence-electron chi connectivity index (χ1n) is 3.97. The summed E-state index contributed by atoms with van der Waals surface area (Å²) in [5, 5.41) is 53.3. The van der Waals surface area contributed by atoms with E-state index >= 15 is 0 Å². The highest BCUT2D eigenvalue weighted by atomic mass is 17.2. The minimum atomic E-state index is -3.44. The van der Waals surface area contributed by atoms with E-state index in [2.05, 4.69) is 14.5 Å². The number of esters is 1. The molecule has 16 heavy (non-hydrogen) atoms. The Balaban J connectivity index is 3.13. The second kappa shape index (κ2) is 4.20. The maximum absolute atomic E-state index is 11.0. The molecule has 10 heteroatoms. The van der Waals surface area contributed by atoms with E-state index in [1.165, 1.54) is 0 Å². The summed E-state index contributed by atoms with van der Waals surface area (Å²) >= 11 is 0. The number of aliphatic hydroxyl groups is 4. The summed E-state index contributed by atoms with van der Waals surface area (Å²) in [6.07, 6.45) is -3.95. The van der Waals surface area contributed by atoms with Crippen molar-refractivity contribution in [2.24, 2.45) is 0 Å². The molecule has 6 N–H and O–H groups in total. The minimum absolute atomic E-state index is 0.981. The van der Waals surface area contributed by atoms with Crippen LogP contribution in [0.1, 0.15) is 0 Å². The molecule has 0 saturated carbocycles. The van der Waals surface area contributed by atoms with E-state index in [0.717, 1.165) is 0 Å². The molecule has 2 unspecified atom stereocenters. The van der Waals surface area contributed by atoms with Crippen LogP contribution < -0.4 is 0 Å². The number of carbonyl (C=O) groups is 1. The summed E-state index contributed by atoms with van der Waals surface area (Å²) in [5.41, 5.74) is 0. The van der Waals surface area contributed by atoms with Crippen molar-refractivity contribution in [1.82, 2.24) is 0 Å². The summed E-state index contributed by atoms with van der Waals surface area (Å²) in [5.74, 6) is -8.45. The topological polar surface area (TPSA) is 166 Å². The van der Waals surface area contributed by atoms with Gasteiger partial charge >= 0.3 is 17.5 Å². The molecule has 4 atom stereocenters. The van der Waals surface area contributed by atoms with E-state index in [0.29, 0.717) is 0 Å². The number of carbonyl (C=O) groups excluding carboxylic acids is 1. The second-order valence-electron chi connectivity index (χ2n) is 3.10. The summed E-state index contributed by atoms with van der Waals surface area (Å²) in [7, 11) is 0. The number of hydrogen-bond donors (Lipinski definition) is 6. The van der Waals surface area contributed by atoms with Crippen LogP contribution in [0.4, 0.5) is 0 Å². The highest BCUT2D eigenvalue weighted by Crippen LogP contribution is 2.38. The Hall–Kier alpha value is -0.850. The second-order valence-corrected chi connectivity index (χ2v) is 3.10. The van der Waals surface area contributed by atoms with Crippen molar-refractivity contribution in [1.29, 1.82) is 0 Å². The maximum atomic E-state index is 11.0. The molecule has 0 aromatic heterocycles. The van der Waals surface area contributed by atoms with Crippen molar-refractivity contribution in [3.63, 3.8) is 0 Å². The monoisotopic (exact) mass is 242 g/mol. The number of ether oxygens (including phenoxy) is 1. The van der Waals surface area contributed by atoms with E-state index in [1.807, 2.05) is 0 Å². The first-order valence-corrected chi connectivity index (χ1v) is 3.97. The molecule has 1 heterocycles. The van der Waals surface area contributed by atoms with Crippen LogP contribution in [0.2, 0.25) is 0 Å². The molecule has 1 aliphatic rings. The standard InChI is InChI=1S/C6H10O10/c7-1-2(8)3-5(10,15-12)6(11,16-13)4(9)14-3/h2-3,7-8,10-13H,1H2/t2-,3+,5?,6?/m0/s1. The number of aliphatic hydroxyl groups excluding tert-OH is 2. The average molecular weight is 242 g/mol. The van der Waals surface area contributed by atoms with Crippen LogP contribution in [0.3, 0.4) is 0 Å². The Morgan fingerprint density at radius 1 is 1.38 bits per heavy atom. The molecule has 1 aliphatic heterocycles. The zero-order valence-electron chi connectivity index (χ0n) is 7.68. The van der Waals surface area contributed by atoms with Gasteiger partial charge in [-0.25, -0.2) is 15.3 Å². The van der Waals surface area contributed by atoms with E-state index in [1.54, 1.807) is 0 Å². The van der Waals surface area contributed by atoms with Gasteiger partial charge < -0.3 is 25.2 Å². The van der Waals surface area contributed by atoms with E-state index in [4.69, 9.17) is 20.7 Å². The van der Waals surface area contributed by atoms with Gasteiger partial charge in [-0.2, -0.15) is 9.78 Å². The molecule has 0 bridgehead atoms. The van der Waals surface area contributed by atoms with E-state index in [-0.39, 0.29) is 0 Å². The summed E-state index contributed by atoms with van der Waals surface area (Å²) in [6, 6.07) is 0. The molecule has 1 fully saturated rings. The van der Waals surface area contributed by atoms with Crippen LogP contribution >= 0.6 is 0 Å². The fraction of sp³-hybridized carbons (Fsp3) is 0.833. The molecule has 0 aliphatic carbocycles. The van der Waals surface area contributed by atoms with Gasteiger partial charge in [0.1, 0.15) is 6.10 Å². The molecule has 10 nitrogen and oxygen atoms in total. The van der Waals surface area contributed by atoms with Crippen molar-refractivity contribution >= 4 is 5.97 Å². The number of cyclic esters (lactones) is 1. The Kier molecular flexibility index (Phi) is 3.47. The van der Waals surface area contributed by atoms with Crippen LogP contribution in [0.15, 0.2) is 0 Å². The van der Waals surface area contributed by atoms with Gasteiger partial charge in [0.2, 0.25) is 0 Å². The van der Waals surface area contributed by atoms with Crippen molar-refractivity contribution in [2.45, 2.75) is 23.8 Å². The van der Waals surface area contributed by atoms with Gasteiger partial charge in [-0.15, -0.1) is 0 Å². The molecule has 0 aromatic rings. The van der Waals surface area contributed by atoms with E-state index in [9.17, 15) is 15.0 Å². The van der Waals surface area contributed by atoms with Crippen molar-refractivity contribution in [2.75, 3.05) is 6.61 Å². The maximum Gasteiger partial charge on any atom is 0.376 e. The van der Waals surface area contributed by atoms with Crippen molar-refractivity contribution in [3.8, 4) is 0 Å². The van der Waals surface area contributed by atoms with Crippen molar-refractivity contribution in [3.05, 3.63) is 0 Å². The Morgan fingerprint density at radius 3 is 2.31 bits per heavy atom. The first-order chi connectivity index (χ1) is 7.37. The predicted molar refractivity (Wildman–Crippen MR) is 40.3 cm³/mol. The zero-order chi connectivity index (χ0) is 12.6. The Bertz CT molecular complexity index is 280. The third-order valence-corrected chi connectivity index (χ3v) is 2.19. The van der Waals surface area contributed by atoms with Gasteiger partial charge in [-0.3, -0.25) is 0 Å². The molecule has 94 valence electrons. The van der Waals surface area contributed by atoms with Gasteiger partial charge in [0.15, 0.2) is 6.10 Å². The predicted octanol–water partition coefficient (Wildman–Crippen LogP) is -3.38. The van der Waals surface area contributed by atoms with Gasteiger partial charge in [0.25, 0.3) is 0 Å². The Morgan fingerprint density at radius 2 is 1.94 bits per heavy atom. The largest absolute Gasteiger partial charge is 0.449 e. The molecular weight excluding hydrogens is 232 g/mol. The molecule has 1 rings (SSSR count). The summed E-state index contributed by atoms with van der Waals surface area (Å²) in [6.45, 7) is -0.981. The summed E-state index contributed by atoms with van der Waals surface area (Å²) < 4.78 is 4.21. The first kappa shape index (κ1) is 13.2. The quantitative estimate of drug-likeness (QED) is 0.127. The molecule has 0 amide bonds. The van der Waals surface area contributed by atoms with Gasteiger partial charge in [0.05, 0.1) is 6.61 Å². The molecule has 1 saturated heterocycles. The third kappa shape index (κ3) is 1.49. The third-order valence-electron chi connectivity index (χ3n) is 2.19. The minimum Gasteiger partial charge on any atom is -0.449 e. The van der Waals surface area contributed by atoms with Crippen LogP contribution in [0, 0.1) is 0 Å². The van der Waals surface area contributed by atoms with Gasteiger partial charge in [-0.05, 0) is 0 Å². The number of hydrogen-bond acceptors (Lipinski definition) is 10. The molecule has 0 aromatic carbocycles. The highest BCUT2D eigenvalue weighted by molar-refractivity contribution is 5.81. The van der Waals surface area contributed by atoms with E-state index < -0.39 is 36.4 Å². The van der Waals surface area contributed by atoms with Crippen LogP contribution in [0.25, 0.3) is 0 Å². The highest BCUT2D eigenvalue weighted by Gasteiger charge is 2.74. The lowest BCUT2D eigenvalue weighted by molar-refractivity contribution is -0.509. The zero-order valence-corrected chi connectivity index (χ0v) is 7.68. The van der Waals surface area contributed by atoms with Gasteiger partial charge in [0, 0.05) is 0 Å². The van der Waals surface area contributed by atoms with Crippen LogP contribution in [0.5, 0.6) is 0 Å². The fourth-order valence-electron chi connectivity index (χ4n) is 1.27. The smallest absolute Gasteiger partial charge is 0.376 e. The Labute approximate surface area is 87.7 Å². The van der Waals surface area contributed by atoms with Crippen molar-refractivity contribution < 1.29 is 50.2 Å². The van der Waals surface area contributed by atoms with Crippen LogP contribution in [-0.4, -0.2) is 67.3 Å². The molecule has 0 spiro atoms. The SMILES string of the molecule is O=C1O[C@H]([C@@H](O)CO)C(O)(OO)C1(O)OO. The average Bonchev–Trinajstić information content (AvgIpc) is 2.50. The van der Waals surface area contributed by atoms with Crippen LogP contribution in [-0.2, 0) is 19.3 Å². The lowest BCUT2D eigenvalue weighted by Crippen LogP contribution is -2.63. The summed E-state index contributed by atoms with van der Waals surface area (Å²) in [4.78, 5) is 17.7. The van der Waals surface area contributed by atoms with Gasteiger partial charge in [-0.1, -0.05) is 0 Å². The molecule has 0 radical (unpaired) electrons. The fourth-order valence-corrected chi connectivity index (χ4v) is 1.27. The lowest BCUT2D eigenvalue weighted by Gasteiger charge is -2.31. The number of rotatable bonds is 4.